The number of nitrogens with zero attached hydrogens (tertiary/aromatic N) is 4. The molecule has 0 aliphatic carbocycles. The van der Waals surface area contributed by atoms with E-state index in [1.807, 2.05) is 20.8 Å². The molecule has 0 fully saturated rings. The van der Waals surface area contributed by atoms with Crippen LogP contribution in [-0.2, 0) is 22.5 Å². The van der Waals surface area contributed by atoms with Crippen LogP contribution in [0.2, 0.25) is 0 Å². The number of amides is 1. The molecule has 0 unspecified atom stereocenters. The molecule has 2 aromatic carbocycles. The van der Waals surface area contributed by atoms with E-state index in [0.717, 1.165) is 0 Å². The first-order chi connectivity index (χ1) is 16.5. The van der Waals surface area contributed by atoms with E-state index in [9.17, 15) is 18.0 Å². The van der Waals surface area contributed by atoms with Gasteiger partial charge in [-0.25, -0.2) is 13.1 Å². The number of aromatic nitrogens is 3. The minimum Gasteiger partial charge on any atom is -0.297 e. The van der Waals surface area contributed by atoms with Gasteiger partial charge in [0.2, 0.25) is 0 Å². The molecule has 0 spiro atoms. The van der Waals surface area contributed by atoms with E-state index < -0.39 is 21.3 Å². The summed E-state index contributed by atoms with van der Waals surface area (Å²) >= 11 is 0. The van der Waals surface area contributed by atoms with Gasteiger partial charge in [-0.1, -0.05) is 51.1 Å². The van der Waals surface area contributed by atoms with Crippen LogP contribution in [0.5, 0.6) is 0 Å². The van der Waals surface area contributed by atoms with Crippen molar-refractivity contribution in [2.75, 3.05) is 0 Å². The summed E-state index contributed by atoms with van der Waals surface area (Å²) in [5, 5.41) is 11.8. The van der Waals surface area contributed by atoms with Crippen molar-refractivity contribution < 1.29 is 13.2 Å². The molecule has 2 aromatic heterocycles. The molecule has 10 nitrogen and oxygen atoms in total. The van der Waals surface area contributed by atoms with Crippen molar-refractivity contribution in [1.29, 1.82) is 0 Å². The molecule has 0 aliphatic heterocycles. The van der Waals surface area contributed by atoms with Gasteiger partial charge in [0.1, 0.15) is 4.90 Å². The quantitative estimate of drug-likeness (QED) is 0.404. The molecular formula is C24H24N6O4S. The lowest BCUT2D eigenvalue weighted by Gasteiger charge is -2.16. The number of carbonyl (C=O) groups excluding carboxylic acids is 1. The van der Waals surface area contributed by atoms with E-state index in [4.69, 9.17) is 0 Å². The second-order valence-corrected chi connectivity index (χ2v) is 10.6. The van der Waals surface area contributed by atoms with E-state index in [1.165, 1.54) is 29.1 Å². The molecule has 0 atom stereocenters. The third kappa shape index (κ3) is 4.76. The number of carbonyl (C=O) groups is 1. The summed E-state index contributed by atoms with van der Waals surface area (Å²) in [4.78, 5) is 29.6. The van der Waals surface area contributed by atoms with Crippen LogP contribution in [0.4, 0.5) is 11.4 Å². The van der Waals surface area contributed by atoms with Gasteiger partial charge in [-0.2, -0.15) is 0 Å². The second kappa shape index (κ2) is 8.91. The maximum Gasteiger partial charge on any atom is 0.294 e. The number of azo groups is 1. The number of aryl methyl sites for hydroxylation is 1. The van der Waals surface area contributed by atoms with E-state index in [1.54, 1.807) is 43.4 Å². The first kappa shape index (κ1) is 24.0. The van der Waals surface area contributed by atoms with E-state index in [2.05, 4.69) is 25.0 Å². The third-order valence-electron chi connectivity index (χ3n) is 5.29. The summed E-state index contributed by atoms with van der Waals surface area (Å²) in [5.74, 6) is -0.884. The molecular weight excluding hydrogens is 468 g/mol. The number of fused-ring (bicyclic) bond motifs is 1. The normalized spacial score (nSPS) is 12.3. The first-order valence-corrected chi connectivity index (χ1v) is 12.2. The fourth-order valence-electron chi connectivity index (χ4n) is 3.53. The zero-order valence-electron chi connectivity index (χ0n) is 19.6. The van der Waals surface area contributed by atoms with Crippen LogP contribution in [0.1, 0.15) is 36.8 Å². The van der Waals surface area contributed by atoms with Crippen LogP contribution >= 0.6 is 0 Å². The number of para-hydroxylation sites is 1. The Hall–Kier alpha value is -4.12. The van der Waals surface area contributed by atoms with Crippen LogP contribution in [0, 0.1) is 0 Å². The predicted molar refractivity (Wildman–Crippen MR) is 132 cm³/mol. The molecule has 2 N–H and O–H groups in total. The molecule has 180 valence electrons. The molecule has 0 bridgehead atoms. The Morgan fingerprint density at radius 1 is 1.03 bits per heavy atom. The fourth-order valence-corrected chi connectivity index (χ4v) is 4.68. The van der Waals surface area contributed by atoms with Crippen molar-refractivity contribution in [2.24, 2.45) is 17.3 Å². The Morgan fingerprint density at radius 3 is 2.49 bits per heavy atom. The highest BCUT2D eigenvalue weighted by molar-refractivity contribution is 7.90. The number of H-pyrrole nitrogens is 1. The fraction of sp³-hybridized carbons (Fsp3) is 0.208. The number of rotatable bonds is 5. The number of aromatic amines is 1. The van der Waals surface area contributed by atoms with Crippen LogP contribution in [0.25, 0.3) is 10.9 Å². The number of sulfonamides is 1. The SMILES string of the molecule is Cn1[nH]c(C(C)(C)C)c(N=Nc2ccccc2C(=O)NS(=O)(=O)c2cccc3cccnc23)c1=O. The second-order valence-electron chi connectivity index (χ2n) is 8.93. The summed E-state index contributed by atoms with van der Waals surface area (Å²) in [7, 11) is -2.67. The van der Waals surface area contributed by atoms with Gasteiger partial charge in [-0.05, 0) is 24.3 Å². The Balaban J connectivity index is 1.69. The third-order valence-corrected chi connectivity index (χ3v) is 6.65. The number of benzene rings is 2. The number of pyridine rings is 1. The maximum atomic E-state index is 13.0. The van der Waals surface area contributed by atoms with Gasteiger partial charge < -0.3 is 0 Å². The average molecular weight is 493 g/mol. The average Bonchev–Trinajstić information content (AvgIpc) is 3.11. The van der Waals surface area contributed by atoms with Gasteiger partial charge >= 0.3 is 0 Å². The van der Waals surface area contributed by atoms with Gasteiger partial charge in [0.05, 0.1) is 22.5 Å². The first-order valence-electron chi connectivity index (χ1n) is 10.7. The predicted octanol–water partition coefficient (Wildman–Crippen LogP) is 4.09. The molecule has 0 saturated carbocycles. The van der Waals surface area contributed by atoms with Crippen molar-refractivity contribution in [2.45, 2.75) is 31.1 Å². The lowest BCUT2D eigenvalue weighted by molar-refractivity contribution is 0.0982. The van der Waals surface area contributed by atoms with E-state index in [-0.39, 0.29) is 32.9 Å². The molecule has 4 rings (SSSR count). The summed E-state index contributed by atoms with van der Waals surface area (Å²) in [5.41, 5.74) is 0.267. The van der Waals surface area contributed by atoms with Gasteiger partial charge in [0, 0.05) is 24.0 Å². The van der Waals surface area contributed by atoms with Crippen molar-refractivity contribution in [3.05, 3.63) is 82.4 Å². The Labute approximate surface area is 201 Å². The van der Waals surface area contributed by atoms with Crippen molar-refractivity contribution in [1.82, 2.24) is 19.5 Å². The molecule has 35 heavy (non-hydrogen) atoms. The largest absolute Gasteiger partial charge is 0.297 e. The lowest BCUT2D eigenvalue weighted by Crippen LogP contribution is -2.30. The molecule has 2 heterocycles. The molecule has 0 saturated heterocycles. The summed E-state index contributed by atoms with van der Waals surface area (Å²) in [6.45, 7) is 5.77. The zero-order valence-corrected chi connectivity index (χ0v) is 20.4. The number of nitrogens with one attached hydrogen (secondary N) is 2. The Morgan fingerprint density at radius 2 is 1.74 bits per heavy atom. The standard InChI is InChI=1S/C24H24N6O4S/c1-24(2,3)21-20(23(32)30(4)28-21)27-26-17-12-6-5-11-16(17)22(31)29-35(33,34)18-13-7-9-15-10-8-14-25-19(15)18/h5-14,28H,1-4H3,(H,29,31). The summed E-state index contributed by atoms with van der Waals surface area (Å²) in [6.07, 6.45) is 1.48. The highest BCUT2D eigenvalue weighted by Crippen LogP contribution is 2.29. The lowest BCUT2D eigenvalue weighted by atomic mass is 9.91. The van der Waals surface area contributed by atoms with Gasteiger partial charge in [0.15, 0.2) is 5.69 Å². The van der Waals surface area contributed by atoms with E-state index >= 15 is 0 Å². The Kier molecular flexibility index (Phi) is 6.12. The van der Waals surface area contributed by atoms with Crippen LogP contribution in [0.15, 0.2) is 80.7 Å². The van der Waals surface area contributed by atoms with Crippen molar-refractivity contribution in [3.8, 4) is 0 Å². The summed E-state index contributed by atoms with van der Waals surface area (Å²) < 4.78 is 29.5. The zero-order chi connectivity index (χ0) is 25.4. The number of hydrogen-bond donors (Lipinski definition) is 2. The minimum atomic E-state index is -4.24. The highest BCUT2D eigenvalue weighted by Gasteiger charge is 2.25. The van der Waals surface area contributed by atoms with Crippen LogP contribution in [-0.4, -0.2) is 29.1 Å². The number of hydrogen-bond acceptors (Lipinski definition) is 7. The molecule has 11 heteroatoms. The smallest absolute Gasteiger partial charge is 0.294 e. The van der Waals surface area contributed by atoms with Gasteiger partial charge in [-0.3, -0.25) is 24.4 Å². The highest BCUT2D eigenvalue weighted by atomic mass is 32.2. The minimum absolute atomic E-state index is 0.0160. The molecule has 0 radical (unpaired) electrons. The summed E-state index contributed by atoms with van der Waals surface area (Å²) in [6, 6.07) is 14.3. The molecule has 4 aromatic rings. The maximum absolute atomic E-state index is 13.0. The monoisotopic (exact) mass is 492 g/mol. The van der Waals surface area contributed by atoms with Gasteiger partial charge in [-0.15, -0.1) is 10.2 Å². The van der Waals surface area contributed by atoms with Crippen LogP contribution < -0.4 is 10.3 Å². The van der Waals surface area contributed by atoms with Crippen molar-refractivity contribution >= 4 is 38.2 Å². The van der Waals surface area contributed by atoms with Crippen molar-refractivity contribution in [3.63, 3.8) is 0 Å². The van der Waals surface area contributed by atoms with Gasteiger partial charge in [0.25, 0.3) is 21.5 Å². The molecule has 1 amide bonds. The molecule has 0 aliphatic rings. The van der Waals surface area contributed by atoms with E-state index in [0.29, 0.717) is 11.1 Å². The van der Waals surface area contributed by atoms with Crippen LogP contribution in [0.3, 0.4) is 0 Å². The topological polar surface area (TPSA) is 139 Å². The Bertz CT molecular complexity index is 1620.